The highest BCUT2D eigenvalue weighted by molar-refractivity contribution is 9.10. The quantitative estimate of drug-likeness (QED) is 0.791. The van der Waals surface area contributed by atoms with Gasteiger partial charge in [-0.2, -0.15) is 0 Å². The Morgan fingerprint density at radius 1 is 1.25 bits per heavy atom. The van der Waals surface area contributed by atoms with Crippen molar-refractivity contribution >= 4 is 31.6 Å². The largest absolute Gasteiger partial charge is 0.399 e. The van der Waals surface area contributed by atoms with Crippen LogP contribution < -0.4 is 10.5 Å². The Bertz CT molecular complexity index is 554. The van der Waals surface area contributed by atoms with E-state index in [1.807, 2.05) is 0 Å². The predicted molar refractivity (Wildman–Crippen MR) is 84.9 cm³/mol. The van der Waals surface area contributed by atoms with Gasteiger partial charge in [0, 0.05) is 16.7 Å². The van der Waals surface area contributed by atoms with Crippen molar-refractivity contribution in [2.45, 2.75) is 43.4 Å². The first-order chi connectivity index (χ1) is 9.49. The van der Waals surface area contributed by atoms with Crippen molar-refractivity contribution in [3.63, 3.8) is 0 Å². The van der Waals surface area contributed by atoms with Crippen LogP contribution in [0.5, 0.6) is 0 Å². The molecule has 1 saturated carbocycles. The molecule has 112 valence electrons. The number of anilines is 1. The second-order valence-electron chi connectivity index (χ2n) is 5.38. The lowest BCUT2D eigenvalue weighted by molar-refractivity contribution is 0.339. The number of rotatable bonds is 5. The molecule has 1 aromatic rings. The third-order valence-electron chi connectivity index (χ3n) is 3.81. The maximum Gasteiger partial charge on any atom is 0.241 e. The van der Waals surface area contributed by atoms with Crippen molar-refractivity contribution < 1.29 is 8.42 Å². The van der Waals surface area contributed by atoms with E-state index in [4.69, 9.17) is 5.73 Å². The van der Waals surface area contributed by atoms with Gasteiger partial charge in [-0.05, 0) is 46.5 Å². The number of hydrogen-bond donors (Lipinski definition) is 2. The SMILES string of the molecule is Nc1ccc(S(=O)(=O)NCCC2CCCCC2)c(Br)c1. The monoisotopic (exact) mass is 360 g/mol. The van der Waals surface area contributed by atoms with Crippen molar-refractivity contribution in [3.8, 4) is 0 Å². The van der Waals surface area contributed by atoms with Crippen LogP contribution in [0.25, 0.3) is 0 Å². The molecule has 0 spiro atoms. The molecule has 3 N–H and O–H groups in total. The summed E-state index contributed by atoms with van der Waals surface area (Å²) in [4.78, 5) is 0.246. The summed E-state index contributed by atoms with van der Waals surface area (Å²) in [5.74, 6) is 0.668. The van der Waals surface area contributed by atoms with E-state index in [-0.39, 0.29) is 4.90 Å². The molecule has 0 heterocycles. The number of sulfonamides is 1. The smallest absolute Gasteiger partial charge is 0.241 e. The average Bonchev–Trinajstić information content (AvgIpc) is 2.39. The first kappa shape index (κ1) is 15.8. The Balaban J connectivity index is 1.93. The lowest BCUT2D eigenvalue weighted by Gasteiger charge is -2.21. The lowest BCUT2D eigenvalue weighted by atomic mass is 9.87. The fourth-order valence-electron chi connectivity index (χ4n) is 2.69. The van der Waals surface area contributed by atoms with E-state index in [1.54, 1.807) is 12.1 Å². The number of nitrogen functional groups attached to an aromatic ring is 1. The normalized spacial score (nSPS) is 17.2. The van der Waals surface area contributed by atoms with Gasteiger partial charge >= 0.3 is 0 Å². The summed E-state index contributed by atoms with van der Waals surface area (Å²) in [5, 5.41) is 0. The first-order valence-corrected chi connectivity index (χ1v) is 9.31. The number of nitrogens with one attached hydrogen (secondary N) is 1. The fraction of sp³-hybridized carbons (Fsp3) is 0.571. The highest BCUT2D eigenvalue weighted by Gasteiger charge is 2.19. The van der Waals surface area contributed by atoms with Crippen LogP contribution in [0.15, 0.2) is 27.6 Å². The Labute approximate surface area is 129 Å². The summed E-state index contributed by atoms with van der Waals surface area (Å²) in [6.45, 7) is 0.504. The highest BCUT2D eigenvalue weighted by Crippen LogP contribution is 2.27. The molecule has 0 bridgehead atoms. The molecule has 0 amide bonds. The second-order valence-corrected chi connectivity index (χ2v) is 7.97. The van der Waals surface area contributed by atoms with E-state index in [0.29, 0.717) is 22.6 Å². The minimum absolute atomic E-state index is 0.246. The van der Waals surface area contributed by atoms with E-state index in [2.05, 4.69) is 20.7 Å². The fourth-order valence-corrected chi connectivity index (χ4v) is 4.83. The molecule has 0 aliphatic heterocycles. The van der Waals surface area contributed by atoms with E-state index in [0.717, 1.165) is 6.42 Å². The van der Waals surface area contributed by atoms with Gasteiger partial charge in [0.15, 0.2) is 0 Å². The van der Waals surface area contributed by atoms with Gasteiger partial charge in [-0.3, -0.25) is 0 Å². The number of hydrogen-bond acceptors (Lipinski definition) is 3. The van der Waals surface area contributed by atoms with Crippen LogP contribution in [0, 0.1) is 5.92 Å². The average molecular weight is 361 g/mol. The molecule has 0 saturated heterocycles. The minimum Gasteiger partial charge on any atom is -0.399 e. The number of nitrogens with two attached hydrogens (primary N) is 1. The molecule has 1 fully saturated rings. The van der Waals surface area contributed by atoms with Crippen LogP contribution in [-0.4, -0.2) is 15.0 Å². The molecular formula is C14H21BrN2O2S. The van der Waals surface area contributed by atoms with E-state index >= 15 is 0 Å². The Kier molecular flexibility index (Phi) is 5.46. The van der Waals surface area contributed by atoms with E-state index in [9.17, 15) is 8.42 Å². The van der Waals surface area contributed by atoms with E-state index < -0.39 is 10.0 Å². The Morgan fingerprint density at radius 3 is 2.60 bits per heavy atom. The van der Waals surface area contributed by atoms with Crippen molar-refractivity contribution in [2.24, 2.45) is 5.92 Å². The molecule has 0 atom stereocenters. The lowest BCUT2D eigenvalue weighted by Crippen LogP contribution is -2.27. The summed E-state index contributed by atoms with van der Waals surface area (Å²) < 4.78 is 27.6. The van der Waals surface area contributed by atoms with Gasteiger partial charge < -0.3 is 5.73 Å². The summed E-state index contributed by atoms with van der Waals surface area (Å²) in [6.07, 6.45) is 7.26. The zero-order chi connectivity index (χ0) is 14.6. The summed E-state index contributed by atoms with van der Waals surface area (Å²) in [6, 6.07) is 4.73. The summed E-state index contributed by atoms with van der Waals surface area (Å²) in [5.41, 5.74) is 6.16. The highest BCUT2D eigenvalue weighted by atomic mass is 79.9. The molecule has 1 aliphatic carbocycles. The zero-order valence-electron chi connectivity index (χ0n) is 11.4. The van der Waals surface area contributed by atoms with Crippen LogP contribution in [0.4, 0.5) is 5.69 Å². The third-order valence-corrected chi connectivity index (χ3v) is 6.25. The second kappa shape index (κ2) is 6.91. The van der Waals surface area contributed by atoms with Crippen LogP contribution in [-0.2, 0) is 10.0 Å². The minimum atomic E-state index is -3.46. The van der Waals surface area contributed by atoms with Gasteiger partial charge in [-0.1, -0.05) is 32.1 Å². The number of halogens is 1. The molecule has 2 rings (SSSR count). The maximum absolute atomic E-state index is 12.2. The molecule has 6 heteroatoms. The van der Waals surface area contributed by atoms with Crippen LogP contribution >= 0.6 is 15.9 Å². The number of benzene rings is 1. The van der Waals surface area contributed by atoms with Gasteiger partial charge in [-0.15, -0.1) is 0 Å². The summed E-state index contributed by atoms with van der Waals surface area (Å²) >= 11 is 3.25. The molecular weight excluding hydrogens is 340 g/mol. The van der Waals surface area contributed by atoms with Crippen LogP contribution in [0.1, 0.15) is 38.5 Å². The van der Waals surface area contributed by atoms with Crippen LogP contribution in [0.3, 0.4) is 0 Å². The first-order valence-electron chi connectivity index (χ1n) is 7.04. The van der Waals surface area contributed by atoms with Gasteiger partial charge in [0.05, 0.1) is 4.90 Å². The molecule has 0 radical (unpaired) electrons. The van der Waals surface area contributed by atoms with Gasteiger partial charge in [0.25, 0.3) is 0 Å². The van der Waals surface area contributed by atoms with Crippen molar-refractivity contribution in [1.82, 2.24) is 4.72 Å². The summed E-state index contributed by atoms with van der Waals surface area (Å²) in [7, 11) is -3.46. The third kappa shape index (κ3) is 4.20. The zero-order valence-corrected chi connectivity index (χ0v) is 13.8. The standard InChI is InChI=1S/C14H21BrN2O2S/c15-13-10-12(16)6-7-14(13)20(18,19)17-9-8-11-4-2-1-3-5-11/h6-7,10-11,17H,1-5,8-9,16H2. The molecule has 1 aliphatic rings. The molecule has 0 unspecified atom stereocenters. The molecule has 4 nitrogen and oxygen atoms in total. The van der Waals surface area contributed by atoms with Gasteiger partial charge in [0.1, 0.15) is 0 Å². The van der Waals surface area contributed by atoms with Crippen molar-refractivity contribution in [2.75, 3.05) is 12.3 Å². The Hall–Kier alpha value is -0.590. The topological polar surface area (TPSA) is 72.2 Å². The Morgan fingerprint density at radius 2 is 1.95 bits per heavy atom. The maximum atomic E-state index is 12.2. The van der Waals surface area contributed by atoms with Crippen molar-refractivity contribution in [1.29, 1.82) is 0 Å². The van der Waals surface area contributed by atoms with Gasteiger partial charge in [-0.25, -0.2) is 13.1 Å². The van der Waals surface area contributed by atoms with Crippen molar-refractivity contribution in [3.05, 3.63) is 22.7 Å². The van der Waals surface area contributed by atoms with Gasteiger partial charge in [0.2, 0.25) is 10.0 Å². The van der Waals surface area contributed by atoms with Crippen LogP contribution in [0.2, 0.25) is 0 Å². The molecule has 0 aromatic heterocycles. The molecule has 20 heavy (non-hydrogen) atoms. The van der Waals surface area contributed by atoms with E-state index in [1.165, 1.54) is 38.2 Å². The predicted octanol–water partition coefficient (Wildman–Crippen LogP) is 3.28. The molecule has 1 aromatic carbocycles.